The van der Waals surface area contributed by atoms with Crippen molar-refractivity contribution in [2.24, 2.45) is 31.8 Å². The van der Waals surface area contributed by atoms with Crippen LogP contribution in [0.5, 0.6) is 5.75 Å². The molecule has 4 atom stereocenters. The first kappa shape index (κ1) is 40.5. The topological polar surface area (TPSA) is 155 Å². The Labute approximate surface area is 361 Å². The lowest BCUT2D eigenvalue weighted by Crippen LogP contribution is -2.50. The number of fused-ring (bicyclic) bond motifs is 4. The number of nitrogens with one attached hydrogen (secondary N) is 3. The minimum absolute atomic E-state index is 0.106. The highest BCUT2D eigenvalue weighted by Gasteiger charge is 2.51. The van der Waals surface area contributed by atoms with Gasteiger partial charge in [0.15, 0.2) is 12.4 Å². The molecule has 4 fully saturated rings. The summed E-state index contributed by atoms with van der Waals surface area (Å²) in [7, 11) is 3.51. The Morgan fingerprint density at radius 2 is 1.76 bits per heavy atom. The average Bonchev–Trinajstić information content (AvgIpc) is 4.06. The van der Waals surface area contributed by atoms with Gasteiger partial charge < -0.3 is 29.7 Å². The molecule has 10 rings (SSSR count). The number of imide groups is 1. The van der Waals surface area contributed by atoms with E-state index in [2.05, 4.69) is 60.8 Å². The van der Waals surface area contributed by atoms with Crippen LogP contribution in [-0.4, -0.2) is 105 Å². The van der Waals surface area contributed by atoms with E-state index in [-0.39, 0.29) is 29.2 Å². The number of amides is 2. The monoisotopic (exact) mass is 869 g/mol. The number of pyridine rings is 1. The van der Waals surface area contributed by atoms with E-state index >= 15 is 8.78 Å². The number of hydrogen-bond donors (Lipinski definition) is 3. The van der Waals surface area contributed by atoms with Gasteiger partial charge in [-0.3, -0.25) is 29.3 Å². The molecule has 18 heteroatoms. The molecule has 2 unspecified atom stereocenters. The van der Waals surface area contributed by atoms with Crippen molar-refractivity contribution >= 4 is 74.0 Å². The molecule has 3 aromatic heterocycles. The van der Waals surface area contributed by atoms with Gasteiger partial charge in [-0.1, -0.05) is 18.5 Å². The van der Waals surface area contributed by atoms with Gasteiger partial charge in [0.1, 0.15) is 5.02 Å². The molecular weight excluding hydrogens is 820 g/mol. The zero-order valence-electron chi connectivity index (χ0n) is 35.0. The molecule has 1 aliphatic carbocycles. The fourth-order valence-electron chi connectivity index (χ4n) is 9.87. The van der Waals surface area contributed by atoms with Crippen molar-refractivity contribution in [2.75, 3.05) is 72.9 Å². The number of aryl methyl sites for hydroxylation is 2. The van der Waals surface area contributed by atoms with Gasteiger partial charge in [-0.2, -0.15) is 10.1 Å². The van der Waals surface area contributed by atoms with Crippen LogP contribution < -0.4 is 36.0 Å². The van der Waals surface area contributed by atoms with Crippen LogP contribution in [0, 0.1) is 17.8 Å². The van der Waals surface area contributed by atoms with E-state index in [0.29, 0.717) is 70.9 Å². The minimum atomic E-state index is -3.13. The number of hydrogen-bond acceptors (Lipinski definition) is 12. The highest BCUT2D eigenvalue weighted by atomic mass is 35.5. The van der Waals surface area contributed by atoms with Gasteiger partial charge in [-0.05, 0) is 79.8 Å². The molecule has 0 spiro atoms. The molecule has 3 N–H and O–H groups in total. The highest BCUT2D eigenvalue weighted by Crippen LogP contribution is 2.46. The standard InChI is InChI=1S/C44H50ClF2N11O4/c1-24-21-58(13-12-26(24)22-56-14-16-57(17-15-56)28-7-8-29-34(19-28)55(3)53-36(29)30-9-11-35(59)50-41(30)60)43-48-20-32(45)40(52-43)49-27-6-10-33-31(18-27)37-38(42(61)54(33)2)62-23-44(46,47)39(51-37)25-4-5-25/h6-8,10,18-20,24-26,30,39,51H,4-5,9,11-17,21-23H2,1-3H3,(H,48,49,52)(H,50,59,60)/t24-,26+,30?,39?/m0/s1. The molecule has 326 valence electrons. The van der Waals surface area contributed by atoms with E-state index in [1.807, 2.05) is 23.9 Å². The summed E-state index contributed by atoms with van der Waals surface area (Å²) in [4.78, 5) is 54.3. The highest BCUT2D eigenvalue weighted by molar-refractivity contribution is 6.33. The average molecular weight is 870 g/mol. The third-order valence-electron chi connectivity index (χ3n) is 13.6. The smallest absolute Gasteiger partial charge is 0.301 e. The van der Waals surface area contributed by atoms with Crippen LogP contribution in [0.1, 0.15) is 50.6 Å². The van der Waals surface area contributed by atoms with E-state index in [9.17, 15) is 14.4 Å². The second kappa shape index (κ2) is 15.7. The van der Waals surface area contributed by atoms with E-state index in [1.54, 1.807) is 19.3 Å². The Morgan fingerprint density at radius 1 is 0.952 bits per heavy atom. The molecule has 1 saturated carbocycles. The second-order valence-electron chi connectivity index (χ2n) is 17.8. The molecule has 0 radical (unpaired) electrons. The number of ether oxygens (including phenoxy) is 1. The number of anilines is 5. The van der Waals surface area contributed by atoms with Gasteiger partial charge in [-0.25, -0.2) is 13.8 Å². The molecule has 4 aliphatic heterocycles. The van der Waals surface area contributed by atoms with Crippen LogP contribution in [0.15, 0.2) is 47.4 Å². The Kier molecular flexibility index (Phi) is 10.2. The Hall–Kier alpha value is -5.55. The number of rotatable bonds is 8. The Bertz CT molecular complexity index is 2660. The number of halogens is 3. The zero-order valence-corrected chi connectivity index (χ0v) is 35.7. The maximum absolute atomic E-state index is 15.2. The summed E-state index contributed by atoms with van der Waals surface area (Å²) in [5, 5.41) is 15.4. The molecule has 3 saturated heterocycles. The summed E-state index contributed by atoms with van der Waals surface area (Å²) in [6.45, 7) is 7.78. The first-order valence-corrected chi connectivity index (χ1v) is 21.9. The summed E-state index contributed by atoms with van der Waals surface area (Å²) in [6.07, 6.45) is 4.78. The molecule has 7 heterocycles. The van der Waals surface area contributed by atoms with Crippen LogP contribution in [0.2, 0.25) is 5.02 Å². The largest absolute Gasteiger partial charge is 0.480 e. The van der Waals surface area contributed by atoms with Crippen molar-refractivity contribution < 1.29 is 23.1 Å². The van der Waals surface area contributed by atoms with Crippen molar-refractivity contribution in [2.45, 2.75) is 56.9 Å². The van der Waals surface area contributed by atoms with E-state index in [0.717, 1.165) is 74.5 Å². The zero-order chi connectivity index (χ0) is 43.0. The van der Waals surface area contributed by atoms with Gasteiger partial charge in [0.2, 0.25) is 23.5 Å². The van der Waals surface area contributed by atoms with Crippen molar-refractivity contribution in [1.29, 1.82) is 0 Å². The molecule has 5 aromatic rings. The number of nitrogens with zero attached hydrogens (tertiary/aromatic N) is 8. The predicted molar refractivity (Wildman–Crippen MR) is 234 cm³/mol. The minimum Gasteiger partial charge on any atom is -0.480 e. The summed E-state index contributed by atoms with van der Waals surface area (Å²) >= 11 is 6.66. The third kappa shape index (κ3) is 7.46. The first-order valence-electron chi connectivity index (χ1n) is 21.6. The van der Waals surface area contributed by atoms with Gasteiger partial charge in [-0.15, -0.1) is 0 Å². The summed E-state index contributed by atoms with van der Waals surface area (Å²) < 4.78 is 39.1. The van der Waals surface area contributed by atoms with Gasteiger partial charge in [0.05, 0.1) is 40.6 Å². The van der Waals surface area contributed by atoms with Crippen LogP contribution >= 0.6 is 11.6 Å². The molecule has 15 nitrogen and oxygen atoms in total. The second-order valence-corrected chi connectivity index (χ2v) is 18.2. The first-order chi connectivity index (χ1) is 29.8. The number of aromatic nitrogens is 5. The van der Waals surface area contributed by atoms with Crippen molar-refractivity contribution in [3.8, 4) is 5.75 Å². The number of benzene rings is 2. The van der Waals surface area contributed by atoms with Gasteiger partial charge in [0, 0.05) is 88.5 Å². The summed E-state index contributed by atoms with van der Waals surface area (Å²) in [5.74, 6) is -2.45. The predicted octanol–water partition coefficient (Wildman–Crippen LogP) is 5.64. The van der Waals surface area contributed by atoms with Crippen molar-refractivity contribution in [3.63, 3.8) is 0 Å². The van der Waals surface area contributed by atoms with Gasteiger partial charge in [0.25, 0.3) is 5.56 Å². The number of carbonyl (C=O) groups is 2. The van der Waals surface area contributed by atoms with Crippen molar-refractivity contribution in [1.82, 2.24) is 34.5 Å². The molecule has 2 aromatic carbocycles. The van der Waals surface area contributed by atoms with Crippen LogP contribution in [0.3, 0.4) is 0 Å². The van der Waals surface area contributed by atoms with E-state index in [1.165, 1.54) is 4.57 Å². The Balaban J connectivity index is 0.777. The number of piperazine rings is 1. The van der Waals surface area contributed by atoms with Crippen LogP contribution in [-0.2, 0) is 23.7 Å². The lowest BCUT2D eigenvalue weighted by molar-refractivity contribution is -0.134. The van der Waals surface area contributed by atoms with Crippen LogP contribution in [0.25, 0.3) is 21.8 Å². The number of piperidine rings is 2. The normalized spacial score (nSPS) is 24.4. The Morgan fingerprint density at radius 3 is 2.52 bits per heavy atom. The fourth-order valence-corrected chi connectivity index (χ4v) is 10.0. The SMILES string of the molecule is C[C@H]1CN(c2ncc(Cl)c(Nc3ccc4c(c3)c3c(c(=O)n4C)OCC(F)(F)C(C4CC4)N3)n2)CC[C@@H]1CN1CCN(c2ccc3c(C4CCC(=O)NC4=O)nn(C)c3c2)CC1. The molecule has 62 heavy (non-hydrogen) atoms. The quantitative estimate of drug-likeness (QED) is 0.166. The van der Waals surface area contributed by atoms with Gasteiger partial charge >= 0.3 is 5.92 Å². The number of alkyl halides is 2. The maximum Gasteiger partial charge on any atom is 0.301 e. The van der Waals surface area contributed by atoms with Crippen LogP contribution in [0.4, 0.5) is 37.6 Å². The maximum atomic E-state index is 15.2. The molecular formula is C44H50ClF2N11O4. The molecule has 2 amide bonds. The van der Waals surface area contributed by atoms with Crippen molar-refractivity contribution in [3.05, 3.63) is 63.7 Å². The summed E-state index contributed by atoms with van der Waals surface area (Å²) in [6, 6.07) is 10.6. The third-order valence-corrected chi connectivity index (χ3v) is 13.9. The van der Waals surface area contributed by atoms with E-state index in [4.69, 9.17) is 26.4 Å². The molecule has 0 bridgehead atoms. The fraction of sp³-hybridized carbons (Fsp3) is 0.500. The number of carbonyl (C=O) groups excluding carboxylic acids is 2. The summed E-state index contributed by atoms with van der Waals surface area (Å²) in [5.41, 5.74) is 3.84. The van der Waals surface area contributed by atoms with E-state index < -0.39 is 30.0 Å². The lowest BCUT2D eigenvalue weighted by atomic mass is 9.86. The lowest BCUT2D eigenvalue weighted by Gasteiger charge is -2.42. The molecule has 5 aliphatic rings.